The van der Waals surface area contributed by atoms with E-state index in [0.29, 0.717) is 23.6 Å². The molecule has 0 saturated carbocycles. The highest BCUT2D eigenvalue weighted by Gasteiger charge is 2.40. The van der Waals surface area contributed by atoms with E-state index in [1.54, 1.807) is 30.3 Å². The first kappa shape index (κ1) is 22.3. The standard InChI is InChI=1S/C24H22N4O4S/c1-2-32-17-10-8-16(9-11-17)28-22(30)13-21(23(28)31)33-24(25)27-26-14-19-18-6-4-3-5-15(18)7-12-20(19)29/h3-12,14,21,29H,2,13H2,1H3,(H2,25,27)/b26-14+/t21-/m1/s1. The van der Waals surface area contributed by atoms with Crippen molar-refractivity contribution in [3.05, 3.63) is 66.2 Å². The summed E-state index contributed by atoms with van der Waals surface area (Å²) in [6, 6.07) is 17.8. The summed E-state index contributed by atoms with van der Waals surface area (Å²) in [7, 11) is 0. The fraction of sp³-hybridized carbons (Fsp3) is 0.167. The molecule has 8 nitrogen and oxygen atoms in total. The largest absolute Gasteiger partial charge is 0.507 e. The van der Waals surface area contributed by atoms with Gasteiger partial charge in [0.1, 0.15) is 16.7 Å². The monoisotopic (exact) mass is 462 g/mol. The number of anilines is 1. The number of phenols is 1. The zero-order valence-electron chi connectivity index (χ0n) is 17.8. The number of benzene rings is 3. The van der Waals surface area contributed by atoms with Crippen molar-refractivity contribution in [1.29, 1.82) is 0 Å². The number of fused-ring (bicyclic) bond motifs is 1. The van der Waals surface area contributed by atoms with E-state index in [1.807, 2.05) is 37.3 Å². The predicted octanol–water partition coefficient (Wildman–Crippen LogP) is 3.66. The third-order valence-corrected chi connectivity index (χ3v) is 6.04. The first-order chi connectivity index (χ1) is 16.0. The van der Waals surface area contributed by atoms with Crippen LogP contribution in [0.1, 0.15) is 18.9 Å². The van der Waals surface area contributed by atoms with E-state index < -0.39 is 5.25 Å². The number of aromatic hydroxyl groups is 1. The van der Waals surface area contributed by atoms with Crippen molar-refractivity contribution < 1.29 is 19.4 Å². The number of hydrogen-bond acceptors (Lipinski definition) is 7. The fourth-order valence-corrected chi connectivity index (χ4v) is 4.38. The number of amides is 2. The van der Waals surface area contributed by atoms with Crippen molar-refractivity contribution in [2.75, 3.05) is 11.5 Å². The number of imide groups is 1. The van der Waals surface area contributed by atoms with E-state index in [0.717, 1.165) is 27.4 Å². The molecule has 0 unspecified atom stereocenters. The molecule has 3 aromatic carbocycles. The van der Waals surface area contributed by atoms with Gasteiger partial charge in [-0.05, 0) is 48.0 Å². The molecule has 0 aromatic heterocycles. The van der Waals surface area contributed by atoms with E-state index in [1.165, 1.54) is 6.21 Å². The Kier molecular flexibility index (Phi) is 6.60. The second kappa shape index (κ2) is 9.74. The molecule has 1 fully saturated rings. The average molecular weight is 463 g/mol. The summed E-state index contributed by atoms with van der Waals surface area (Å²) in [6.07, 6.45) is 1.43. The Morgan fingerprint density at radius 3 is 2.70 bits per heavy atom. The topological polar surface area (TPSA) is 118 Å². The third-order valence-electron chi connectivity index (χ3n) is 5.06. The number of nitrogens with zero attached hydrogens (tertiary/aromatic N) is 3. The highest BCUT2D eigenvalue weighted by Crippen LogP contribution is 2.31. The van der Waals surface area contributed by atoms with Crippen LogP contribution in [-0.2, 0) is 9.59 Å². The van der Waals surface area contributed by atoms with Gasteiger partial charge >= 0.3 is 0 Å². The second-order valence-electron chi connectivity index (χ2n) is 7.21. The molecule has 4 rings (SSSR count). The first-order valence-electron chi connectivity index (χ1n) is 10.3. The zero-order valence-corrected chi connectivity index (χ0v) is 18.7. The van der Waals surface area contributed by atoms with Crippen molar-refractivity contribution >= 4 is 51.4 Å². The van der Waals surface area contributed by atoms with Crippen LogP contribution >= 0.6 is 11.8 Å². The lowest BCUT2D eigenvalue weighted by atomic mass is 10.0. The van der Waals surface area contributed by atoms with Crippen molar-refractivity contribution in [2.24, 2.45) is 15.9 Å². The highest BCUT2D eigenvalue weighted by molar-refractivity contribution is 8.14. The van der Waals surface area contributed by atoms with E-state index >= 15 is 0 Å². The Morgan fingerprint density at radius 2 is 1.94 bits per heavy atom. The molecule has 0 bridgehead atoms. The lowest BCUT2D eigenvalue weighted by Crippen LogP contribution is -2.31. The number of nitrogens with two attached hydrogens (primary N) is 1. The van der Waals surface area contributed by atoms with E-state index in [9.17, 15) is 14.7 Å². The molecule has 1 atom stereocenters. The quantitative estimate of drug-likeness (QED) is 0.250. The molecule has 1 aliphatic rings. The van der Waals surface area contributed by atoms with Gasteiger partial charge in [-0.1, -0.05) is 42.1 Å². The number of amidine groups is 1. The Balaban J connectivity index is 1.45. The van der Waals surface area contributed by atoms with Crippen molar-refractivity contribution in [2.45, 2.75) is 18.6 Å². The molecular weight excluding hydrogens is 440 g/mol. The van der Waals surface area contributed by atoms with Crippen LogP contribution in [0.4, 0.5) is 5.69 Å². The Labute approximate surface area is 194 Å². The van der Waals surface area contributed by atoms with Gasteiger partial charge in [-0.25, -0.2) is 4.90 Å². The van der Waals surface area contributed by atoms with Gasteiger partial charge in [-0.15, -0.1) is 5.10 Å². The minimum atomic E-state index is -0.686. The summed E-state index contributed by atoms with van der Waals surface area (Å²) < 4.78 is 5.40. The summed E-state index contributed by atoms with van der Waals surface area (Å²) in [6.45, 7) is 2.41. The molecule has 1 aliphatic heterocycles. The molecule has 2 amide bonds. The van der Waals surface area contributed by atoms with Crippen molar-refractivity contribution in [3.63, 3.8) is 0 Å². The molecule has 33 heavy (non-hydrogen) atoms. The maximum Gasteiger partial charge on any atom is 0.247 e. The van der Waals surface area contributed by atoms with Gasteiger partial charge in [0.2, 0.25) is 11.8 Å². The lowest BCUT2D eigenvalue weighted by Gasteiger charge is -2.15. The maximum atomic E-state index is 12.8. The normalized spacial score (nSPS) is 16.8. The SMILES string of the molecule is CCOc1ccc(N2C(=O)C[C@@H](SC(N)=N/N=C/c3c(O)ccc4ccccc34)C2=O)cc1. The molecule has 3 aromatic rings. The smallest absolute Gasteiger partial charge is 0.247 e. The van der Waals surface area contributed by atoms with E-state index in [-0.39, 0.29) is 29.2 Å². The zero-order chi connectivity index (χ0) is 23.4. The van der Waals surface area contributed by atoms with Crippen molar-refractivity contribution in [3.8, 4) is 11.5 Å². The molecular formula is C24H22N4O4S. The number of phenolic OH excluding ortho intramolecular Hbond substituents is 1. The van der Waals surface area contributed by atoms with Crippen LogP contribution < -0.4 is 15.4 Å². The second-order valence-corrected chi connectivity index (χ2v) is 8.43. The lowest BCUT2D eigenvalue weighted by molar-refractivity contribution is -0.121. The molecule has 1 heterocycles. The van der Waals surface area contributed by atoms with Gasteiger partial charge in [0.25, 0.3) is 0 Å². The van der Waals surface area contributed by atoms with Crippen LogP contribution in [0.15, 0.2) is 70.9 Å². The first-order valence-corrected chi connectivity index (χ1v) is 11.2. The highest BCUT2D eigenvalue weighted by atomic mass is 32.2. The van der Waals surface area contributed by atoms with Crippen LogP contribution in [0.25, 0.3) is 10.8 Å². The van der Waals surface area contributed by atoms with Gasteiger partial charge in [0.05, 0.1) is 18.5 Å². The number of rotatable bonds is 6. The Bertz CT molecular complexity index is 1260. The summed E-state index contributed by atoms with van der Waals surface area (Å²) in [5.74, 6) is 0.0702. The fourth-order valence-electron chi connectivity index (χ4n) is 3.56. The molecule has 9 heteroatoms. The van der Waals surface area contributed by atoms with Crippen LogP contribution in [-0.4, -0.2) is 40.2 Å². The van der Waals surface area contributed by atoms with Gasteiger partial charge < -0.3 is 15.6 Å². The Morgan fingerprint density at radius 1 is 1.18 bits per heavy atom. The summed E-state index contributed by atoms with van der Waals surface area (Å²) in [5, 5.41) is 19.2. The number of hydrogen-bond donors (Lipinski definition) is 2. The molecule has 0 aliphatic carbocycles. The number of ether oxygens (including phenoxy) is 1. The summed E-state index contributed by atoms with van der Waals surface area (Å²) >= 11 is 0.986. The van der Waals surface area contributed by atoms with Crippen LogP contribution in [0, 0.1) is 0 Å². The van der Waals surface area contributed by atoms with Gasteiger partial charge in [-0.2, -0.15) is 5.10 Å². The number of thioether (sulfide) groups is 1. The van der Waals surface area contributed by atoms with Crippen LogP contribution in [0.5, 0.6) is 11.5 Å². The number of carbonyl (C=O) groups is 2. The van der Waals surface area contributed by atoms with Crippen LogP contribution in [0.2, 0.25) is 0 Å². The maximum absolute atomic E-state index is 12.8. The van der Waals surface area contributed by atoms with Crippen LogP contribution in [0.3, 0.4) is 0 Å². The molecule has 1 saturated heterocycles. The third kappa shape index (κ3) is 4.83. The molecule has 0 spiro atoms. The molecule has 168 valence electrons. The predicted molar refractivity (Wildman–Crippen MR) is 131 cm³/mol. The average Bonchev–Trinajstić information content (AvgIpc) is 3.08. The molecule has 0 radical (unpaired) electrons. The number of carbonyl (C=O) groups excluding carboxylic acids is 2. The van der Waals surface area contributed by atoms with Gasteiger partial charge in [0, 0.05) is 12.0 Å². The molecule has 3 N–H and O–H groups in total. The minimum absolute atomic E-state index is 0.0146. The van der Waals surface area contributed by atoms with Crippen molar-refractivity contribution in [1.82, 2.24) is 0 Å². The minimum Gasteiger partial charge on any atom is -0.507 e. The summed E-state index contributed by atoms with van der Waals surface area (Å²) in [4.78, 5) is 26.4. The Hall–Kier alpha value is -3.85. The summed E-state index contributed by atoms with van der Waals surface area (Å²) in [5.41, 5.74) is 6.95. The van der Waals surface area contributed by atoms with E-state index in [2.05, 4.69) is 10.2 Å². The van der Waals surface area contributed by atoms with Gasteiger partial charge in [0.15, 0.2) is 5.17 Å². The van der Waals surface area contributed by atoms with Gasteiger partial charge in [-0.3, -0.25) is 9.59 Å². The van der Waals surface area contributed by atoms with E-state index in [4.69, 9.17) is 10.5 Å².